The topological polar surface area (TPSA) is 105 Å². The van der Waals surface area contributed by atoms with E-state index >= 15 is 0 Å². The summed E-state index contributed by atoms with van der Waals surface area (Å²) in [6.07, 6.45) is 0.860. The number of nitrogens with zero attached hydrogens (tertiary/aromatic N) is 1. The average molecular weight is 366 g/mol. The molecule has 0 atom stereocenters. The summed E-state index contributed by atoms with van der Waals surface area (Å²) in [5, 5.41) is 5.34. The molecule has 2 aromatic rings. The van der Waals surface area contributed by atoms with Crippen molar-refractivity contribution < 1.29 is 14.4 Å². The Balaban J connectivity index is 1.51. The first-order valence-electron chi connectivity index (χ1n) is 8.78. The van der Waals surface area contributed by atoms with Crippen LogP contribution in [-0.4, -0.2) is 35.8 Å². The van der Waals surface area contributed by atoms with Gasteiger partial charge in [-0.25, -0.2) is 4.79 Å². The first-order chi connectivity index (χ1) is 13.0. The molecule has 0 unspecified atom stereocenters. The number of nitrogens with two attached hydrogens (primary N) is 1. The van der Waals surface area contributed by atoms with Crippen molar-refractivity contribution in [3.05, 3.63) is 70.8 Å². The van der Waals surface area contributed by atoms with Crippen LogP contribution in [0.25, 0.3) is 0 Å². The van der Waals surface area contributed by atoms with Gasteiger partial charge in [0.05, 0.1) is 6.54 Å². The maximum absolute atomic E-state index is 12.4. The molecule has 0 spiro atoms. The van der Waals surface area contributed by atoms with E-state index in [0.717, 1.165) is 12.0 Å². The summed E-state index contributed by atoms with van der Waals surface area (Å²) < 4.78 is 0. The Morgan fingerprint density at radius 1 is 0.963 bits per heavy atom. The summed E-state index contributed by atoms with van der Waals surface area (Å²) in [6.45, 7) is 1.48. The predicted molar refractivity (Wildman–Crippen MR) is 101 cm³/mol. The number of hydrogen-bond acceptors (Lipinski definition) is 3. The quantitative estimate of drug-likeness (QED) is 0.740. The Hall–Kier alpha value is -3.35. The molecule has 0 fully saturated rings. The number of amides is 4. The molecule has 2 aromatic carbocycles. The van der Waals surface area contributed by atoms with E-state index in [-0.39, 0.29) is 18.5 Å². The lowest BCUT2D eigenvalue weighted by molar-refractivity contribution is -0.117. The number of fused-ring (bicyclic) bond motifs is 1. The zero-order valence-electron chi connectivity index (χ0n) is 14.9. The second-order valence-electron chi connectivity index (χ2n) is 6.44. The molecule has 0 saturated heterocycles. The number of carbonyl (C=O) groups excluding carboxylic acids is 3. The van der Waals surface area contributed by atoms with Gasteiger partial charge in [-0.15, -0.1) is 0 Å². The number of hydrogen-bond donors (Lipinski definition) is 3. The minimum Gasteiger partial charge on any atom is -0.368 e. The molecule has 0 bridgehead atoms. The van der Waals surface area contributed by atoms with Crippen molar-refractivity contribution in [1.29, 1.82) is 0 Å². The molecule has 0 radical (unpaired) electrons. The van der Waals surface area contributed by atoms with Crippen LogP contribution in [0.5, 0.6) is 0 Å². The standard InChI is InChI=1S/C20H22N4O3/c21-18(25)12-22-19(26)16-7-5-14(6-8-16)11-23-20(27)24-10-9-15-3-1-2-4-17(15)13-24/h1-8H,9-13H2,(H2,21,25)(H,22,26)(H,23,27). The zero-order valence-corrected chi connectivity index (χ0v) is 14.9. The van der Waals surface area contributed by atoms with E-state index in [0.29, 0.717) is 25.2 Å². The van der Waals surface area contributed by atoms with Gasteiger partial charge < -0.3 is 21.3 Å². The van der Waals surface area contributed by atoms with Gasteiger partial charge in [-0.3, -0.25) is 9.59 Å². The van der Waals surface area contributed by atoms with Crippen molar-refractivity contribution in [2.75, 3.05) is 13.1 Å². The summed E-state index contributed by atoms with van der Waals surface area (Å²) in [4.78, 5) is 36.8. The fourth-order valence-corrected chi connectivity index (χ4v) is 3.00. The van der Waals surface area contributed by atoms with Gasteiger partial charge >= 0.3 is 6.03 Å². The van der Waals surface area contributed by atoms with Crippen molar-refractivity contribution in [2.45, 2.75) is 19.5 Å². The minimum absolute atomic E-state index is 0.104. The van der Waals surface area contributed by atoms with E-state index in [4.69, 9.17) is 5.73 Å². The predicted octanol–water partition coefficient (Wildman–Crippen LogP) is 1.17. The third-order valence-electron chi connectivity index (χ3n) is 4.50. The number of carbonyl (C=O) groups is 3. The van der Waals surface area contributed by atoms with E-state index in [1.165, 1.54) is 11.1 Å². The highest BCUT2D eigenvalue weighted by Gasteiger charge is 2.19. The SMILES string of the molecule is NC(=O)CNC(=O)c1ccc(CNC(=O)N2CCc3ccccc3C2)cc1. The molecule has 140 valence electrons. The summed E-state index contributed by atoms with van der Waals surface area (Å²) in [6, 6.07) is 14.9. The van der Waals surface area contributed by atoms with Crippen molar-refractivity contribution in [1.82, 2.24) is 15.5 Å². The number of nitrogens with one attached hydrogen (secondary N) is 2. The van der Waals surface area contributed by atoms with Gasteiger partial charge in [0.2, 0.25) is 5.91 Å². The van der Waals surface area contributed by atoms with Crippen LogP contribution in [0, 0.1) is 0 Å². The molecule has 1 aliphatic rings. The van der Waals surface area contributed by atoms with Gasteiger partial charge in [-0.1, -0.05) is 36.4 Å². The first-order valence-corrected chi connectivity index (χ1v) is 8.78. The fraction of sp³-hybridized carbons (Fsp3) is 0.250. The minimum atomic E-state index is -0.594. The highest BCUT2D eigenvalue weighted by atomic mass is 16.2. The molecule has 0 aromatic heterocycles. The van der Waals surface area contributed by atoms with Crippen LogP contribution in [0.3, 0.4) is 0 Å². The van der Waals surface area contributed by atoms with E-state index in [2.05, 4.69) is 22.8 Å². The molecule has 7 heteroatoms. The lowest BCUT2D eigenvalue weighted by Crippen LogP contribution is -2.42. The highest BCUT2D eigenvalue weighted by molar-refractivity contribution is 5.96. The summed E-state index contributed by atoms with van der Waals surface area (Å²) >= 11 is 0. The van der Waals surface area contributed by atoms with Crippen LogP contribution in [-0.2, 0) is 24.3 Å². The lowest BCUT2D eigenvalue weighted by Gasteiger charge is -2.29. The van der Waals surface area contributed by atoms with Crippen LogP contribution in [0.1, 0.15) is 27.0 Å². The molecule has 27 heavy (non-hydrogen) atoms. The van der Waals surface area contributed by atoms with Gasteiger partial charge in [0.25, 0.3) is 5.91 Å². The molecule has 0 saturated carbocycles. The molecule has 7 nitrogen and oxygen atoms in total. The number of benzene rings is 2. The summed E-state index contributed by atoms with van der Waals surface area (Å²) in [7, 11) is 0. The Morgan fingerprint density at radius 3 is 2.37 bits per heavy atom. The van der Waals surface area contributed by atoms with Crippen LogP contribution < -0.4 is 16.4 Å². The Morgan fingerprint density at radius 2 is 1.67 bits per heavy atom. The number of urea groups is 1. The average Bonchev–Trinajstić information content (AvgIpc) is 2.70. The molecule has 3 rings (SSSR count). The normalized spacial score (nSPS) is 12.8. The second kappa shape index (κ2) is 8.35. The molecule has 1 aliphatic heterocycles. The third-order valence-corrected chi connectivity index (χ3v) is 4.50. The largest absolute Gasteiger partial charge is 0.368 e. The molecule has 4 amide bonds. The van der Waals surface area contributed by atoms with Crippen molar-refractivity contribution in [3.8, 4) is 0 Å². The Kier molecular flexibility index (Phi) is 5.71. The Bertz CT molecular complexity index is 849. The smallest absolute Gasteiger partial charge is 0.317 e. The second-order valence-corrected chi connectivity index (χ2v) is 6.44. The molecule has 4 N–H and O–H groups in total. The van der Waals surface area contributed by atoms with Gasteiger partial charge in [-0.05, 0) is 35.2 Å². The van der Waals surface area contributed by atoms with Gasteiger partial charge in [0, 0.05) is 25.2 Å². The van der Waals surface area contributed by atoms with E-state index < -0.39 is 5.91 Å². The zero-order chi connectivity index (χ0) is 19.2. The van der Waals surface area contributed by atoms with Gasteiger partial charge in [0.1, 0.15) is 0 Å². The van der Waals surface area contributed by atoms with E-state index in [1.54, 1.807) is 29.2 Å². The third kappa shape index (κ3) is 4.84. The van der Waals surface area contributed by atoms with Crippen LogP contribution >= 0.6 is 0 Å². The molecular weight excluding hydrogens is 344 g/mol. The maximum atomic E-state index is 12.4. The first kappa shape index (κ1) is 18.4. The molecule has 0 aliphatic carbocycles. The number of rotatable bonds is 5. The van der Waals surface area contributed by atoms with E-state index in [1.807, 2.05) is 12.1 Å². The fourth-order valence-electron chi connectivity index (χ4n) is 3.00. The molecular formula is C20H22N4O3. The number of primary amides is 1. The molecule has 1 heterocycles. The lowest BCUT2D eigenvalue weighted by atomic mass is 10.0. The van der Waals surface area contributed by atoms with Crippen LogP contribution in [0.15, 0.2) is 48.5 Å². The highest BCUT2D eigenvalue weighted by Crippen LogP contribution is 2.18. The summed E-state index contributed by atoms with van der Waals surface area (Å²) in [5.74, 6) is -0.959. The van der Waals surface area contributed by atoms with Crippen LogP contribution in [0.2, 0.25) is 0 Å². The van der Waals surface area contributed by atoms with Crippen molar-refractivity contribution >= 4 is 17.8 Å². The van der Waals surface area contributed by atoms with Gasteiger partial charge in [-0.2, -0.15) is 0 Å². The van der Waals surface area contributed by atoms with E-state index in [9.17, 15) is 14.4 Å². The van der Waals surface area contributed by atoms with Crippen molar-refractivity contribution in [3.63, 3.8) is 0 Å². The van der Waals surface area contributed by atoms with Gasteiger partial charge in [0.15, 0.2) is 0 Å². The Labute approximate surface area is 157 Å². The monoisotopic (exact) mass is 366 g/mol. The van der Waals surface area contributed by atoms with Crippen LogP contribution in [0.4, 0.5) is 4.79 Å². The van der Waals surface area contributed by atoms with Crippen molar-refractivity contribution in [2.24, 2.45) is 5.73 Å². The maximum Gasteiger partial charge on any atom is 0.317 e. The summed E-state index contributed by atoms with van der Waals surface area (Å²) in [5.41, 5.74) is 8.80.